The second kappa shape index (κ2) is 6.60. The molecule has 5 heteroatoms. The molecule has 0 saturated heterocycles. The number of fused-ring (bicyclic) bond motifs is 1. The molecule has 120 valence electrons. The van der Waals surface area contributed by atoms with Crippen molar-refractivity contribution in [2.45, 2.75) is 26.4 Å². The van der Waals surface area contributed by atoms with Crippen LogP contribution in [0.25, 0.3) is 0 Å². The van der Waals surface area contributed by atoms with Crippen molar-refractivity contribution in [1.82, 2.24) is 0 Å². The van der Waals surface area contributed by atoms with Crippen molar-refractivity contribution >= 4 is 11.6 Å². The molecular weight excluding hydrogens is 294 g/mol. The van der Waals surface area contributed by atoms with Crippen LogP contribution in [0.4, 0.5) is 5.69 Å². The molecule has 5 nitrogen and oxygen atoms in total. The van der Waals surface area contributed by atoms with Crippen molar-refractivity contribution in [3.8, 4) is 17.2 Å². The average Bonchev–Trinajstić information content (AvgIpc) is 3.02. The SMILES string of the molecule is CCc1cccc(OC(C)C(=O)Nc2ccc3c(c2)OCO3)c1. The maximum atomic E-state index is 12.3. The molecule has 0 aliphatic carbocycles. The van der Waals surface area contributed by atoms with Crippen molar-refractivity contribution < 1.29 is 19.0 Å². The predicted octanol–water partition coefficient (Wildman–Crippen LogP) is 3.38. The molecule has 0 aromatic heterocycles. The Balaban J connectivity index is 1.63. The van der Waals surface area contributed by atoms with E-state index in [1.165, 1.54) is 5.56 Å². The maximum absolute atomic E-state index is 12.3. The van der Waals surface area contributed by atoms with Gasteiger partial charge in [-0.3, -0.25) is 4.79 Å². The van der Waals surface area contributed by atoms with E-state index in [-0.39, 0.29) is 12.7 Å². The summed E-state index contributed by atoms with van der Waals surface area (Å²) in [7, 11) is 0. The summed E-state index contributed by atoms with van der Waals surface area (Å²) in [6, 6.07) is 13.0. The third-order valence-corrected chi connectivity index (χ3v) is 3.63. The zero-order valence-corrected chi connectivity index (χ0v) is 13.2. The van der Waals surface area contributed by atoms with Gasteiger partial charge in [0.1, 0.15) is 5.75 Å². The molecule has 1 atom stereocenters. The van der Waals surface area contributed by atoms with Crippen LogP contribution < -0.4 is 19.5 Å². The van der Waals surface area contributed by atoms with Gasteiger partial charge in [0, 0.05) is 11.8 Å². The lowest BCUT2D eigenvalue weighted by Crippen LogP contribution is -2.30. The molecular formula is C18H19NO4. The number of anilines is 1. The molecule has 1 unspecified atom stereocenters. The van der Waals surface area contributed by atoms with E-state index in [1.54, 1.807) is 25.1 Å². The minimum Gasteiger partial charge on any atom is -0.481 e. The summed E-state index contributed by atoms with van der Waals surface area (Å²) in [5.74, 6) is 1.79. The van der Waals surface area contributed by atoms with Gasteiger partial charge in [-0.05, 0) is 43.2 Å². The zero-order valence-electron chi connectivity index (χ0n) is 13.2. The number of nitrogens with one attached hydrogen (secondary N) is 1. The van der Waals surface area contributed by atoms with Crippen LogP contribution in [0.2, 0.25) is 0 Å². The first-order valence-corrected chi connectivity index (χ1v) is 7.62. The summed E-state index contributed by atoms with van der Waals surface area (Å²) in [6.07, 6.45) is 0.321. The lowest BCUT2D eigenvalue weighted by Gasteiger charge is -2.15. The van der Waals surface area contributed by atoms with Crippen LogP contribution >= 0.6 is 0 Å². The Morgan fingerprint density at radius 1 is 1.22 bits per heavy atom. The van der Waals surface area contributed by atoms with E-state index in [9.17, 15) is 4.79 Å². The summed E-state index contributed by atoms with van der Waals surface area (Å²) >= 11 is 0. The first kappa shape index (κ1) is 15.2. The van der Waals surface area contributed by atoms with Crippen LogP contribution in [-0.4, -0.2) is 18.8 Å². The van der Waals surface area contributed by atoms with Gasteiger partial charge in [-0.1, -0.05) is 19.1 Å². The molecule has 0 radical (unpaired) electrons. The first-order chi connectivity index (χ1) is 11.2. The van der Waals surface area contributed by atoms with Gasteiger partial charge in [0.2, 0.25) is 6.79 Å². The normalized spacial score (nSPS) is 13.5. The summed E-state index contributed by atoms with van der Waals surface area (Å²) < 4.78 is 16.3. The molecule has 0 bridgehead atoms. The van der Waals surface area contributed by atoms with Crippen molar-refractivity contribution in [3.63, 3.8) is 0 Å². The topological polar surface area (TPSA) is 56.8 Å². The number of amides is 1. The molecule has 2 aromatic rings. The Bertz CT molecular complexity index is 714. The first-order valence-electron chi connectivity index (χ1n) is 7.62. The fraction of sp³-hybridized carbons (Fsp3) is 0.278. The Kier molecular flexibility index (Phi) is 4.37. The highest BCUT2D eigenvalue weighted by Gasteiger charge is 2.18. The molecule has 1 heterocycles. The molecule has 1 amide bonds. The number of hydrogen-bond acceptors (Lipinski definition) is 4. The van der Waals surface area contributed by atoms with Crippen LogP contribution in [0.3, 0.4) is 0 Å². The molecule has 0 spiro atoms. The number of ether oxygens (including phenoxy) is 3. The second-order valence-electron chi connectivity index (χ2n) is 5.32. The quantitative estimate of drug-likeness (QED) is 0.919. The van der Waals surface area contributed by atoms with Crippen LogP contribution in [0.1, 0.15) is 19.4 Å². The number of carbonyl (C=O) groups is 1. The smallest absolute Gasteiger partial charge is 0.265 e. The van der Waals surface area contributed by atoms with Gasteiger partial charge in [0.05, 0.1) is 0 Å². The monoisotopic (exact) mass is 313 g/mol. The van der Waals surface area contributed by atoms with Gasteiger partial charge in [0.15, 0.2) is 17.6 Å². The average molecular weight is 313 g/mol. The summed E-state index contributed by atoms with van der Waals surface area (Å²) in [4.78, 5) is 12.3. The fourth-order valence-corrected chi connectivity index (χ4v) is 2.31. The number of carbonyl (C=O) groups excluding carboxylic acids is 1. The minimum absolute atomic E-state index is 0.208. The largest absolute Gasteiger partial charge is 0.481 e. The van der Waals surface area contributed by atoms with Gasteiger partial charge in [-0.2, -0.15) is 0 Å². The predicted molar refractivity (Wildman–Crippen MR) is 87.1 cm³/mol. The van der Waals surface area contributed by atoms with Crippen LogP contribution in [0.15, 0.2) is 42.5 Å². The molecule has 1 aliphatic heterocycles. The summed E-state index contributed by atoms with van der Waals surface area (Å²) in [6.45, 7) is 4.01. The molecule has 23 heavy (non-hydrogen) atoms. The van der Waals surface area contributed by atoms with Crippen molar-refractivity contribution in [2.75, 3.05) is 12.1 Å². The van der Waals surface area contributed by atoms with Crippen LogP contribution in [0, 0.1) is 0 Å². The van der Waals surface area contributed by atoms with Crippen LogP contribution in [0.5, 0.6) is 17.2 Å². The highest BCUT2D eigenvalue weighted by atomic mass is 16.7. The van der Waals surface area contributed by atoms with Crippen molar-refractivity contribution in [3.05, 3.63) is 48.0 Å². The van der Waals surface area contributed by atoms with E-state index in [0.29, 0.717) is 22.9 Å². The Morgan fingerprint density at radius 3 is 2.87 bits per heavy atom. The third-order valence-electron chi connectivity index (χ3n) is 3.63. The number of hydrogen-bond donors (Lipinski definition) is 1. The van der Waals surface area contributed by atoms with Crippen molar-refractivity contribution in [1.29, 1.82) is 0 Å². The molecule has 0 fully saturated rings. The summed E-state index contributed by atoms with van der Waals surface area (Å²) in [5.41, 5.74) is 1.82. The molecule has 1 N–H and O–H groups in total. The molecule has 1 aliphatic rings. The zero-order chi connectivity index (χ0) is 16.2. The van der Waals surface area contributed by atoms with Gasteiger partial charge in [-0.25, -0.2) is 0 Å². The third kappa shape index (κ3) is 3.56. The number of benzene rings is 2. The lowest BCUT2D eigenvalue weighted by molar-refractivity contribution is -0.122. The Hall–Kier alpha value is -2.69. The second-order valence-corrected chi connectivity index (χ2v) is 5.32. The highest BCUT2D eigenvalue weighted by molar-refractivity contribution is 5.94. The standard InChI is InChI=1S/C18H19NO4/c1-3-13-5-4-6-15(9-13)23-12(2)18(20)19-14-7-8-16-17(10-14)22-11-21-16/h4-10,12H,3,11H2,1-2H3,(H,19,20). The summed E-state index contributed by atoms with van der Waals surface area (Å²) in [5, 5.41) is 2.82. The lowest BCUT2D eigenvalue weighted by atomic mass is 10.2. The van der Waals surface area contributed by atoms with E-state index >= 15 is 0 Å². The Morgan fingerprint density at radius 2 is 2.04 bits per heavy atom. The number of aryl methyl sites for hydroxylation is 1. The van der Waals surface area contributed by atoms with Gasteiger partial charge < -0.3 is 19.5 Å². The number of rotatable bonds is 5. The van der Waals surface area contributed by atoms with Gasteiger partial charge >= 0.3 is 0 Å². The maximum Gasteiger partial charge on any atom is 0.265 e. The molecule has 2 aromatic carbocycles. The molecule has 0 saturated carbocycles. The Labute approximate surface area is 135 Å². The van der Waals surface area contributed by atoms with Gasteiger partial charge in [0.25, 0.3) is 5.91 Å². The van der Waals surface area contributed by atoms with Gasteiger partial charge in [-0.15, -0.1) is 0 Å². The minimum atomic E-state index is -0.604. The van der Waals surface area contributed by atoms with E-state index in [1.807, 2.05) is 24.3 Å². The van der Waals surface area contributed by atoms with Crippen LogP contribution in [-0.2, 0) is 11.2 Å². The fourth-order valence-electron chi connectivity index (χ4n) is 2.31. The highest BCUT2D eigenvalue weighted by Crippen LogP contribution is 2.34. The van der Waals surface area contributed by atoms with E-state index in [2.05, 4.69) is 12.2 Å². The molecule has 3 rings (SSSR count). The van der Waals surface area contributed by atoms with E-state index < -0.39 is 6.10 Å². The van der Waals surface area contributed by atoms with E-state index in [0.717, 1.165) is 6.42 Å². The van der Waals surface area contributed by atoms with Crippen molar-refractivity contribution in [2.24, 2.45) is 0 Å². The van der Waals surface area contributed by atoms with E-state index in [4.69, 9.17) is 14.2 Å².